The van der Waals surface area contributed by atoms with Crippen LogP contribution in [0.2, 0.25) is 0 Å². The normalized spacial score (nSPS) is 13.0. The molecule has 0 saturated carbocycles. The van der Waals surface area contributed by atoms with Crippen molar-refractivity contribution in [2.24, 2.45) is 7.05 Å². The molecule has 1 N–H and O–H groups in total. The van der Waals surface area contributed by atoms with Gasteiger partial charge in [-0.05, 0) is 92.0 Å². The highest BCUT2D eigenvalue weighted by atomic mass is 19.4. The molecule has 1 aliphatic carbocycles. The zero-order chi connectivity index (χ0) is 29.6. The van der Waals surface area contributed by atoms with Crippen molar-refractivity contribution >= 4 is 17.5 Å². The molecule has 41 heavy (non-hydrogen) atoms. The molecule has 0 bridgehead atoms. The molecular formula is C31H36F3N5O2. The second-order valence-corrected chi connectivity index (χ2v) is 10.6. The monoisotopic (exact) mass is 567 g/mol. The Morgan fingerprint density at radius 1 is 1.07 bits per heavy atom. The summed E-state index contributed by atoms with van der Waals surface area (Å²) in [4.78, 5) is 15.2. The highest BCUT2D eigenvalue weighted by Gasteiger charge is 2.31. The van der Waals surface area contributed by atoms with E-state index in [4.69, 9.17) is 5.11 Å². The zero-order valence-corrected chi connectivity index (χ0v) is 23.5. The lowest BCUT2D eigenvalue weighted by molar-refractivity contribution is -0.138. The zero-order valence-electron chi connectivity index (χ0n) is 23.5. The van der Waals surface area contributed by atoms with Crippen LogP contribution in [0.1, 0.15) is 72.4 Å². The van der Waals surface area contributed by atoms with Crippen LogP contribution < -0.4 is 9.80 Å². The number of aromatic nitrogens is 2. The fourth-order valence-electron chi connectivity index (χ4n) is 5.50. The first-order valence-electron chi connectivity index (χ1n) is 14.0. The summed E-state index contributed by atoms with van der Waals surface area (Å²) in [7, 11) is 1.79. The Kier molecular flexibility index (Phi) is 9.58. The molecule has 0 amide bonds. The molecule has 218 valence electrons. The molecule has 7 nitrogen and oxygen atoms in total. The van der Waals surface area contributed by atoms with Gasteiger partial charge in [0, 0.05) is 57.6 Å². The Morgan fingerprint density at radius 2 is 1.80 bits per heavy atom. The van der Waals surface area contributed by atoms with Gasteiger partial charge in [-0.25, -0.2) is 0 Å². The summed E-state index contributed by atoms with van der Waals surface area (Å²) in [5.74, 6) is -0.181. The third-order valence-electron chi connectivity index (χ3n) is 7.54. The first-order valence-corrected chi connectivity index (χ1v) is 14.0. The van der Waals surface area contributed by atoms with Crippen LogP contribution in [0.5, 0.6) is 0 Å². The van der Waals surface area contributed by atoms with Crippen LogP contribution in [-0.2, 0) is 43.9 Å². The minimum Gasteiger partial charge on any atom is -0.481 e. The number of carbonyl (C=O) groups is 1. The predicted molar refractivity (Wildman–Crippen MR) is 152 cm³/mol. The van der Waals surface area contributed by atoms with Crippen LogP contribution in [0, 0.1) is 11.3 Å². The Bertz CT molecular complexity index is 1410. The molecular weight excluding hydrogens is 531 g/mol. The summed E-state index contributed by atoms with van der Waals surface area (Å²) < 4.78 is 42.5. The quantitative estimate of drug-likeness (QED) is 0.252. The summed E-state index contributed by atoms with van der Waals surface area (Å²) in [6, 6.07) is 11.7. The van der Waals surface area contributed by atoms with E-state index >= 15 is 0 Å². The molecule has 1 aromatic heterocycles. The smallest absolute Gasteiger partial charge is 0.416 e. The van der Waals surface area contributed by atoms with Crippen molar-refractivity contribution < 1.29 is 23.1 Å². The van der Waals surface area contributed by atoms with Crippen LogP contribution in [0.3, 0.4) is 0 Å². The van der Waals surface area contributed by atoms with Gasteiger partial charge < -0.3 is 14.9 Å². The van der Waals surface area contributed by atoms with Crippen molar-refractivity contribution in [3.63, 3.8) is 0 Å². The molecule has 1 heterocycles. The number of carboxylic acid groups (broad SMARTS) is 1. The largest absolute Gasteiger partial charge is 0.481 e. The number of carboxylic acids is 1. The van der Waals surface area contributed by atoms with Gasteiger partial charge in [0.2, 0.25) is 0 Å². The second-order valence-electron chi connectivity index (χ2n) is 10.6. The minimum atomic E-state index is -4.56. The maximum absolute atomic E-state index is 13.6. The van der Waals surface area contributed by atoms with Gasteiger partial charge in [0.25, 0.3) is 0 Å². The van der Waals surface area contributed by atoms with Gasteiger partial charge in [-0.1, -0.05) is 6.07 Å². The van der Waals surface area contributed by atoms with E-state index in [1.807, 2.05) is 17.0 Å². The average molecular weight is 568 g/mol. The summed E-state index contributed by atoms with van der Waals surface area (Å²) in [5, 5.41) is 23.0. The molecule has 0 fully saturated rings. The molecule has 3 aromatic rings. The number of fused-ring (bicyclic) bond motifs is 1. The van der Waals surface area contributed by atoms with Crippen molar-refractivity contribution in [1.29, 1.82) is 5.26 Å². The van der Waals surface area contributed by atoms with Crippen molar-refractivity contribution in [2.75, 3.05) is 22.9 Å². The molecule has 0 unspecified atom stereocenters. The van der Waals surface area contributed by atoms with Gasteiger partial charge in [-0.3, -0.25) is 9.48 Å². The summed E-state index contributed by atoms with van der Waals surface area (Å²) >= 11 is 0. The molecule has 10 heteroatoms. The number of alkyl halides is 3. The van der Waals surface area contributed by atoms with E-state index in [1.165, 1.54) is 17.2 Å². The number of hydrogen-bond donors (Lipinski definition) is 1. The van der Waals surface area contributed by atoms with Gasteiger partial charge >= 0.3 is 12.1 Å². The van der Waals surface area contributed by atoms with Crippen molar-refractivity contribution in [1.82, 2.24) is 9.78 Å². The Balaban J connectivity index is 1.72. The summed E-state index contributed by atoms with van der Waals surface area (Å²) in [5.41, 5.74) is 4.21. The lowest BCUT2D eigenvalue weighted by atomic mass is 9.89. The lowest BCUT2D eigenvalue weighted by Crippen LogP contribution is -2.29. The fraction of sp³-hybridized carbons (Fsp3) is 0.452. The lowest BCUT2D eigenvalue weighted by Gasteiger charge is -2.31. The Morgan fingerprint density at radius 3 is 2.41 bits per heavy atom. The Hall–Kier alpha value is -4.00. The number of aryl methyl sites for hydroxylation is 3. The van der Waals surface area contributed by atoms with E-state index in [1.54, 1.807) is 17.9 Å². The van der Waals surface area contributed by atoms with Crippen LogP contribution in [0.25, 0.3) is 0 Å². The van der Waals surface area contributed by atoms with Crippen LogP contribution in [0.15, 0.2) is 42.6 Å². The van der Waals surface area contributed by atoms with Crippen molar-refractivity contribution in [3.8, 4) is 6.07 Å². The predicted octanol–water partition coefficient (Wildman–Crippen LogP) is 6.48. The van der Waals surface area contributed by atoms with Gasteiger partial charge in [0.05, 0.1) is 17.2 Å². The van der Waals surface area contributed by atoms with Crippen molar-refractivity contribution in [2.45, 2.75) is 71.1 Å². The topological polar surface area (TPSA) is 85.4 Å². The van der Waals surface area contributed by atoms with Gasteiger partial charge in [-0.15, -0.1) is 0 Å². The summed E-state index contributed by atoms with van der Waals surface area (Å²) in [6.45, 7) is 4.06. The van der Waals surface area contributed by atoms with E-state index in [9.17, 15) is 23.2 Å². The second kappa shape index (κ2) is 13.1. The highest BCUT2D eigenvalue weighted by molar-refractivity contribution is 5.66. The first-order chi connectivity index (χ1) is 19.6. The van der Waals surface area contributed by atoms with Crippen LogP contribution in [-0.4, -0.2) is 33.9 Å². The van der Waals surface area contributed by atoms with Crippen molar-refractivity contribution in [3.05, 3.63) is 76.0 Å². The number of anilines is 2. The fourth-order valence-corrected chi connectivity index (χ4v) is 5.50. The van der Waals surface area contributed by atoms with E-state index in [2.05, 4.69) is 29.1 Å². The molecule has 0 spiro atoms. The van der Waals surface area contributed by atoms with E-state index in [0.29, 0.717) is 30.9 Å². The summed E-state index contributed by atoms with van der Waals surface area (Å²) in [6.07, 6.45) is 2.92. The van der Waals surface area contributed by atoms with Crippen LogP contribution >= 0.6 is 0 Å². The number of hydrogen-bond acceptors (Lipinski definition) is 5. The SMILES string of the molecule is CCN(CCCCC(=O)O)c1cc2c(cc1CN(Cc1cc(C#N)cc(C(F)(F)F)c1)c1ccn(C)n1)CCCC2. The number of unbranched alkanes of at least 4 members (excludes halogenated alkanes) is 1. The Labute approximate surface area is 238 Å². The number of nitriles is 1. The first kappa shape index (κ1) is 30.0. The van der Waals surface area contributed by atoms with E-state index in [-0.39, 0.29) is 18.5 Å². The number of aliphatic carboxylic acids is 1. The van der Waals surface area contributed by atoms with Gasteiger partial charge in [-0.2, -0.15) is 23.5 Å². The number of rotatable bonds is 12. The highest BCUT2D eigenvalue weighted by Crippen LogP contribution is 2.34. The molecule has 0 aliphatic heterocycles. The molecule has 0 atom stereocenters. The molecule has 0 saturated heterocycles. The van der Waals surface area contributed by atoms with Gasteiger partial charge in [0.15, 0.2) is 5.82 Å². The minimum absolute atomic E-state index is 0.0382. The standard InChI is InChI=1S/C31H36F3N5O2/c1-3-38(12-7-6-10-30(40)41)28-18-25-9-5-4-8-24(25)17-26(28)21-39(29-11-13-37(2)36-29)20-23-14-22(19-35)15-27(16-23)31(32,33)34/h11,13-18H,3-10,12,20-21H2,1-2H3,(H,40,41). The molecule has 1 aliphatic rings. The maximum atomic E-state index is 13.6. The average Bonchev–Trinajstić information content (AvgIpc) is 3.38. The molecule has 2 aromatic carbocycles. The van der Waals surface area contributed by atoms with E-state index in [0.717, 1.165) is 62.0 Å². The number of halogens is 3. The maximum Gasteiger partial charge on any atom is 0.416 e. The van der Waals surface area contributed by atoms with E-state index < -0.39 is 17.7 Å². The molecule has 0 radical (unpaired) electrons. The third-order valence-corrected chi connectivity index (χ3v) is 7.54. The third kappa shape index (κ3) is 7.81. The van der Waals surface area contributed by atoms with Crippen LogP contribution in [0.4, 0.5) is 24.7 Å². The number of benzene rings is 2. The molecule has 4 rings (SSSR count). The van der Waals surface area contributed by atoms with Gasteiger partial charge in [0.1, 0.15) is 0 Å². The number of nitrogens with zero attached hydrogens (tertiary/aromatic N) is 5.